The zero-order valence-corrected chi connectivity index (χ0v) is 9.30. The summed E-state index contributed by atoms with van der Waals surface area (Å²) in [5, 5.41) is 9.37. The molecule has 0 aromatic carbocycles. The molecule has 0 aliphatic carbocycles. The van der Waals surface area contributed by atoms with Crippen LogP contribution < -0.4 is 0 Å². The van der Waals surface area contributed by atoms with Gasteiger partial charge in [0.25, 0.3) is 11.8 Å². The molecule has 0 radical (unpaired) electrons. The van der Waals surface area contributed by atoms with Crippen LogP contribution in [0.5, 0.6) is 0 Å². The van der Waals surface area contributed by atoms with Gasteiger partial charge in [0.15, 0.2) is 0 Å². The van der Waals surface area contributed by atoms with Crippen molar-refractivity contribution in [1.29, 1.82) is 0 Å². The Labute approximate surface area is 89.1 Å². The third-order valence-electron chi connectivity index (χ3n) is 1.77. The molecule has 1 aliphatic rings. The van der Waals surface area contributed by atoms with Crippen molar-refractivity contribution in [2.24, 2.45) is 0 Å². The number of carbonyl (C=O) groups is 2. The lowest BCUT2D eigenvalue weighted by Crippen LogP contribution is -2.29. The Morgan fingerprint density at radius 2 is 2.08 bits per heavy atom. The van der Waals surface area contributed by atoms with Crippen LogP contribution in [0.4, 0.5) is 0 Å². The first-order valence-electron chi connectivity index (χ1n) is 3.51. The maximum atomic E-state index is 11.3. The van der Waals surface area contributed by atoms with Crippen LogP contribution in [0.2, 0.25) is 0 Å². The number of thiol groups is 1. The van der Waals surface area contributed by atoms with Crippen molar-refractivity contribution in [2.75, 3.05) is 12.8 Å². The van der Waals surface area contributed by atoms with E-state index in [1.54, 1.807) is 0 Å². The fourth-order valence-corrected chi connectivity index (χ4v) is 1.89. The van der Waals surface area contributed by atoms with Crippen LogP contribution in [0.15, 0.2) is 10.1 Å². The SMILES string of the molecule is CN1C(=O)C(Br)=C(C(O)CS)C1=O. The molecule has 0 aromatic rings. The summed E-state index contributed by atoms with van der Waals surface area (Å²) in [6.45, 7) is 0. The van der Waals surface area contributed by atoms with Crippen molar-refractivity contribution in [3.05, 3.63) is 10.1 Å². The van der Waals surface area contributed by atoms with E-state index >= 15 is 0 Å². The van der Waals surface area contributed by atoms with E-state index in [0.29, 0.717) is 0 Å². The van der Waals surface area contributed by atoms with Gasteiger partial charge in [-0.05, 0) is 15.9 Å². The Kier molecular flexibility index (Phi) is 3.15. The summed E-state index contributed by atoms with van der Waals surface area (Å²) in [4.78, 5) is 23.5. The standard InChI is InChI=1S/C7H8BrNO3S/c1-9-6(11)4(3(10)2-13)5(8)7(9)12/h3,10,13H,2H2,1H3. The molecule has 1 atom stereocenters. The Balaban J connectivity index is 3.08. The fourth-order valence-electron chi connectivity index (χ4n) is 1.01. The average Bonchev–Trinajstić information content (AvgIpc) is 2.30. The van der Waals surface area contributed by atoms with Crippen LogP contribution in [-0.2, 0) is 9.59 Å². The van der Waals surface area contributed by atoms with Crippen molar-refractivity contribution < 1.29 is 14.7 Å². The maximum Gasteiger partial charge on any atom is 0.268 e. The van der Waals surface area contributed by atoms with Crippen LogP contribution in [0.25, 0.3) is 0 Å². The lowest BCUT2D eigenvalue weighted by molar-refractivity contribution is -0.135. The monoisotopic (exact) mass is 265 g/mol. The largest absolute Gasteiger partial charge is 0.387 e. The summed E-state index contributed by atoms with van der Waals surface area (Å²) in [7, 11) is 1.37. The summed E-state index contributed by atoms with van der Waals surface area (Å²) >= 11 is 6.81. The van der Waals surface area contributed by atoms with Crippen molar-refractivity contribution in [2.45, 2.75) is 6.10 Å². The van der Waals surface area contributed by atoms with E-state index in [-0.39, 0.29) is 15.8 Å². The second kappa shape index (κ2) is 3.81. The number of halogens is 1. The summed E-state index contributed by atoms with van der Waals surface area (Å²) in [6.07, 6.45) is -1.00. The number of carbonyl (C=O) groups excluding carboxylic acids is 2. The van der Waals surface area contributed by atoms with Crippen LogP contribution in [-0.4, -0.2) is 40.7 Å². The lowest BCUT2D eigenvalue weighted by atomic mass is 10.2. The van der Waals surface area contributed by atoms with Crippen molar-refractivity contribution in [3.63, 3.8) is 0 Å². The topological polar surface area (TPSA) is 57.6 Å². The Hall–Kier alpha value is -0.330. The van der Waals surface area contributed by atoms with Gasteiger partial charge in [-0.25, -0.2) is 0 Å². The molecule has 0 saturated heterocycles. The molecular weight excluding hydrogens is 258 g/mol. The molecule has 1 N–H and O–H groups in total. The zero-order valence-electron chi connectivity index (χ0n) is 6.82. The van der Waals surface area contributed by atoms with Crippen LogP contribution in [0, 0.1) is 0 Å². The van der Waals surface area contributed by atoms with Gasteiger partial charge in [-0.1, -0.05) is 0 Å². The number of amides is 2. The molecule has 0 aromatic heterocycles. The number of hydrogen-bond acceptors (Lipinski definition) is 4. The molecule has 0 bridgehead atoms. The number of nitrogens with zero attached hydrogens (tertiary/aromatic N) is 1. The van der Waals surface area contributed by atoms with Gasteiger partial charge >= 0.3 is 0 Å². The molecule has 6 heteroatoms. The van der Waals surface area contributed by atoms with Crippen molar-refractivity contribution >= 4 is 40.4 Å². The van der Waals surface area contributed by atoms with E-state index in [9.17, 15) is 14.7 Å². The molecule has 0 saturated carbocycles. The van der Waals surface area contributed by atoms with Gasteiger partial charge in [-0.15, -0.1) is 0 Å². The van der Waals surface area contributed by atoms with Gasteiger partial charge < -0.3 is 5.11 Å². The van der Waals surface area contributed by atoms with Crippen molar-refractivity contribution in [3.8, 4) is 0 Å². The summed E-state index contributed by atoms with van der Waals surface area (Å²) in [5.41, 5.74) is 0.0856. The normalized spacial score (nSPS) is 20.2. The highest BCUT2D eigenvalue weighted by Crippen LogP contribution is 2.26. The predicted molar refractivity (Wildman–Crippen MR) is 53.6 cm³/mol. The van der Waals surface area contributed by atoms with E-state index < -0.39 is 17.9 Å². The molecule has 4 nitrogen and oxygen atoms in total. The third kappa shape index (κ3) is 1.66. The highest BCUT2D eigenvalue weighted by atomic mass is 79.9. The van der Waals surface area contributed by atoms with Crippen LogP contribution in [0.1, 0.15) is 0 Å². The Morgan fingerprint density at radius 1 is 1.54 bits per heavy atom. The highest BCUT2D eigenvalue weighted by Gasteiger charge is 2.37. The molecule has 0 spiro atoms. The van der Waals surface area contributed by atoms with Gasteiger partial charge in [0.05, 0.1) is 16.2 Å². The lowest BCUT2D eigenvalue weighted by Gasteiger charge is -2.09. The Bertz CT molecular complexity index is 302. The Morgan fingerprint density at radius 3 is 2.38 bits per heavy atom. The minimum Gasteiger partial charge on any atom is -0.387 e. The molecule has 2 amide bonds. The summed E-state index contributed by atoms with van der Waals surface area (Å²) in [5.74, 6) is -0.795. The summed E-state index contributed by atoms with van der Waals surface area (Å²) in [6, 6.07) is 0. The zero-order chi connectivity index (χ0) is 10.2. The minimum absolute atomic E-state index is 0.0856. The number of hydrogen-bond donors (Lipinski definition) is 2. The van der Waals surface area contributed by atoms with Gasteiger partial charge in [0.1, 0.15) is 0 Å². The van der Waals surface area contributed by atoms with E-state index in [4.69, 9.17) is 0 Å². The number of rotatable bonds is 2. The summed E-state index contributed by atoms with van der Waals surface area (Å²) < 4.78 is 0.126. The second-order valence-electron chi connectivity index (χ2n) is 2.60. The number of likely N-dealkylation sites (N-methyl/N-ethyl adjacent to an activating group) is 1. The minimum atomic E-state index is -1.00. The molecular formula is C7H8BrNO3S. The first-order chi connectivity index (χ1) is 6.00. The van der Waals surface area contributed by atoms with E-state index in [1.807, 2.05) is 0 Å². The van der Waals surface area contributed by atoms with Crippen molar-refractivity contribution in [1.82, 2.24) is 4.90 Å². The van der Waals surface area contributed by atoms with Gasteiger partial charge in [0.2, 0.25) is 0 Å². The maximum absolute atomic E-state index is 11.3. The van der Waals surface area contributed by atoms with Crippen LogP contribution in [0.3, 0.4) is 0 Å². The number of aliphatic hydroxyl groups is 1. The molecule has 1 rings (SSSR count). The molecule has 1 unspecified atom stereocenters. The van der Waals surface area contributed by atoms with Gasteiger partial charge in [0, 0.05) is 12.8 Å². The van der Waals surface area contributed by atoms with E-state index in [0.717, 1.165) is 4.90 Å². The van der Waals surface area contributed by atoms with Gasteiger partial charge in [-0.3, -0.25) is 14.5 Å². The number of imide groups is 1. The molecule has 1 heterocycles. The fraction of sp³-hybridized carbons (Fsp3) is 0.429. The predicted octanol–water partition coefficient (Wildman–Crippen LogP) is -0.0753. The van der Waals surface area contributed by atoms with Gasteiger partial charge in [-0.2, -0.15) is 12.6 Å². The molecule has 0 fully saturated rings. The average molecular weight is 266 g/mol. The quantitative estimate of drug-likeness (QED) is 0.543. The smallest absolute Gasteiger partial charge is 0.268 e. The second-order valence-corrected chi connectivity index (χ2v) is 3.75. The third-order valence-corrected chi connectivity index (χ3v) is 2.88. The first kappa shape index (κ1) is 10.7. The molecule has 1 aliphatic heterocycles. The first-order valence-corrected chi connectivity index (χ1v) is 4.94. The highest BCUT2D eigenvalue weighted by molar-refractivity contribution is 9.12. The van der Waals surface area contributed by atoms with Crippen LogP contribution >= 0.6 is 28.6 Å². The van der Waals surface area contributed by atoms with E-state index in [1.165, 1.54) is 7.05 Å². The number of aliphatic hydroxyl groups excluding tert-OH is 1. The molecule has 13 heavy (non-hydrogen) atoms. The molecule has 72 valence electrons. The van der Waals surface area contributed by atoms with E-state index in [2.05, 4.69) is 28.6 Å².